The Morgan fingerprint density at radius 2 is 2.40 bits per heavy atom. The van der Waals surface area contributed by atoms with Crippen LogP contribution in [0.2, 0.25) is 0 Å². The molecule has 50 valence electrons. The van der Waals surface area contributed by atoms with E-state index in [0.717, 1.165) is 12.1 Å². The van der Waals surface area contributed by atoms with Crippen LogP contribution in [-0.2, 0) is 6.42 Å². The second-order valence-electron chi connectivity index (χ2n) is 2.60. The molecule has 1 aliphatic rings. The zero-order chi connectivity index (χ0) is 6.97. The standard InChI is InChI=1S/C8H8N2/c1-6-2-7-4-9-5-10-8(7)3-6/h3-5H,2H2,1H3. The SMILES string of the molecule is CC1=Cc2ncncc2C1. The van der Waals surface area contributed by atoms with Gasteiger partial charge in [-0.25, -0.2) is 9.97 Å². The van der Waals surface area contributed by atoms with Crippen molar-refractivity contribution in [1.29, 1.82) is 0 Å². The van der Waals surface area contributed by atoms with E-state index in [0.29, 0.717) is 0 Å². The first-order chi connectivity index (χ1) is 4.86. The third-order valence-corrected chi connectivity index (χ3v) is 1.68. The molecular weight excluding hydrogens is 124 g/mol. The molecule has 0 spiro atoms. The molecule has 2 rings (SSSR count). The van der Waals surface area contributed by atoms with E-state index in [4.69, 9.17) is 0 Å². The van der Waals surface area contributed by atoms with Gasteiger partial charge in [-0.1, -0.05) is 5.57 Å². The third-order valence-electron chi connectivity index (χ3n) is 1.68. The molecule has 0 amide bonds. The highest BCUT2D eigenvalue weighted by Crippen LogP contribution is 2.20. The van der Waals surface area contributed by atoms with Gasteiger partial charge >= 0.3 is 0 Å². The van der Waals surface area contributed by atoms with Crippen molar-refractivity contribution in [3.05, 3.63) is 29.4 Å². The van der Waals surface area contributed by atoms with E-state index < -0.39 is 0 Å². The number of nitrogens with zero attached hydrogens (tertiary/aromatic N) is 2. The van der Waals surface area contributed by atoms with Crippen molar-refractivity contribution in [2.45, 2.75) is 13.3 Å². The van der Waals surface area contributed by atoms with Crippen molar-refractivity contribution < 1.29 is 0 Å². The first-order valence-corrected chi connectivity index (χ1v) is 3.32. The molecule has 0 bridgehead atoms. The summed E-state index contributed by atoms with van der Waals surface area (Å²) in [6.45, 7) is 2.11. The number of allylic oxidation sites excluding steroid dienone is 1. The van der Waals surface area contributed by atoms with Gasteiger partial charge in [0.25, 0.3) is 0 Å². The largest absolute Gasteiger partial charge is 0.244 e. The smallest absolute Gasteiger partial charge is 0.116 e. The van der Waals surface area contributed by atoms with Crippen molar-refractivity contribution in [3.8, 4) is 0 Å². The van der Waals surface area contributed by atoms with Crippen LogP contribution in [0, 0.1) is 0 Å². The summed E-state index contributed by atoms with van der Waals surface area (Å²) in [6.07, 6.45) is 6.61. The number of hydrogen-bond donors (Lipinski definition) is 0. The van der Waals surface area contributed by atoms with Gasteiger partial charge in [-0.2, -0.15) is 0 Å². The lowest BCUT2D eigenvalue weighted by molar-refractivity contribution is 1.08. The highest BCUT2D eigenvalue weighted by Gasteiger charge is 2.08. The first-order valence-electron chi connectivity index (χ1n) is 3.32. The third kappa shape index (κ3) is 0.727. The molecular formula is C8H8N2. The van der Waals surface area contributed by atoms with E-state index in [-0.39, 0.29) is 0 Å². The molecule has 2 heteroatoms. The number of hydrogen-bond acceptors (Lipinski definition) is 2. The summed E-state index contributed by atoms with van der Waals surface area (Å²) >= 11 is 0. The molecule has 1 aromatic rings. The Morgan fingerprint density at radius 1 is 1.50 bits per heavy atom. The van der Waals surface area contributed by atoms with Crippen molar-refractivity contribution in [1.82, 2.24) is 9.97 Å². The molecule has 0 fully saturated rings. The molecule has 1 heterocycles. The van der Waals surface area contributed by atoms with Crippen LogP contribution in [0.15, 0.2) is 18.1 Å². The van der Waals surface area contributed by atoms with Crippen LogP contribution < -0.4 is 0 Å². The van der Waals surface area contributed by atoms with Crippen LogP contribution in [-0.4, -0.2) is 9.97 Å². The number of rotatable bonds is 0. The zero-order valence-electron chi connectivity index (χ0n) is 5.83. The van der Waals surface area contributed by atoms with Crippen molar-refractivity contribution in [2.75, 3.05) is 0 Å². The van der Waals surface area contributed by atoms with Crippen LogP contribution >= 0.6 is 0 Å². The van der Waals surface area contributed by atoms with Gasteiger partial charge in [0, 0.05) is 11.8 Å². The fourth-order valence-electron chi connectivity index (χ4n) is 1.22. The highest BCUT2D eigenvalue weighted by molar-refractivity contribution is 5.58. The topological polar surface area (TPSA) is 25.8 Å². The monoisotopic (exact) mass is 132 g/mol. The highest BCUT2D eigenvalue weighted by atomic mass is 14.8. The van der Waals surface area contributed by atoms with Gasteiger partial charge in [0.2, 0.25) is 0 Å². The predicted octanol–water partition coefficient (Wildman–Crippen LogP) is 1.44. The molecule has 2 nitrogen and oxygen atoms in total. The van der Waals surface area contributed by atoms with Crippen LogP contribution in [0.1, 0.15) is 18.2 Å². The number of aromatic nitrogens is 2. The van der Waals surface area contributed by atoms with Gasteiger partial charge < -0.3 is 0 Å². The van der Waals surface area contributed by atoms with Gasteiger partial charge in [0.1, 0.15) is 6.33 Å². The minimum absolute atomic E-state index is 1.02. The second-order valence-corrected chi connectivity index (χ2v) is 2.60. The zero-order valence-corrected chi connectivity index (χ0v) is 5.83. The van der Waals surface area contributed by atoms with Gasteiger partial charge in [0.05, 0.1) is 5.69 Å². The second kappa shape index (κ2) is 1.90. The summed E-state index contributed by atoms with van der Waals surface area (Å²) in [5.74, 6) is 0. The van der Waals surface area contributed by atoms with Crippen molar-refractivity contribution >= 4 is 6.08 Å². The Morgan fingerprint density at radius 3 is 3.20 bits per heavy atom. The molecule has 0 saturated heterocycles. The molecule has 0 atom stereocenters. The first kappa shape index (κ1) is 5.59. The normalized spacial score (nSPS) is 14.7. The van der Waals surface area contributed by atoms with E-state index in [1.165, 1.54) is 11.1 Å². The van der Waals surface area contributed by atoms with E-state index in [1.807, 2.05) is 6.20 Å². The number of fused-ring (bicyclic) bond motifs is 1. The Balaban J connectivity index is 2.54. The lowest BCUT2D eigenvalue weighted by atomic mass is 10.2. The summed E-state index contributed by atoms with van der Waals surface area (Å²) in [4.78, 5) is 8.07. The van der Waals surface area contributed by atoms with Crippen LogP contribution in [0.4, 0.5) is 0 Å². The Bertz CT molecular complexity index is 289. The van der Waals surface area contributed by atoms with Gasteiger partial charge in [-0.05, 0) is 19.4 Å². The molecule has 1 aromatic heterocycles. The lowest BCUT2D eigenvalue weighted by Crippen LogP contribution is -1.86. The van der Waals surface area contributed by atoms with E-state index in [2.05, 4.69) is 23.0 Å². The molecule has 1 aliphatic carbocycles. The summed E-state index contributed by atoms with van der Waals surface area (Å²) < 4.78 is 0. The van der Waals surface area contributed by atoms with Crippen molar-refractivity contribution in [2.24, 2.45) is 0 Å². The van der Waals surface area contributed by atoms with Gasteiger partial charge in [-0.15, -0.1) is 0 Å². The van der Waals surface area contributed by atoms with Crippen molar-refractivity contribution in [3.63, 3.8) is 0 Å². The summed E-state index contributed by atoms with van der Waals surface area (Å²) in [7, 11) is 0. The summed E-state index contributed by atoms with van der Waals surface area (Å²) in [5.41, 5.74) is 3.71. The minimum atomic E-state index is 1.02. The molecule has 0 saturated carbocycles. The van der Waals surface area contributed by atoms with Crippen LogP contribution in [0.25, 0.3) is 6.08 Å². The molecule has 0 radical (unpaired) electrons. The lowest BCUT2D eigenvalue weighted by Gasteiger charge is -1.92. The van der Waals surface area contributed by atoms with E-state index >= 15 is 0 Å². The van der Waals surface area contributed by atoms with E-state index in [9.17, 15) is 0 Å². The Kier molecular flexibility index (Phi) is 1.07. The molecule has 0 aromatic carbocycles. The molecule has 10 heavy (non-hydrogen) atoms. The predicted molar refractivity (Wildman–Crippen MR) is 39.4 cm³/mol. The minimum Gasteiger partial charge on any atom is -0.244 e. The Hall–Kier alpha value is -1.18. The molecule has 0 aliphatic heterocycles. The van der Waals surface area contributed by atoms with Crippen LogP contribution in [0.3, 0.4) is 0 Å². The maximum absolute atomic E-state index is 4.12. The van der Waals surface area contributed by atoms with Gasteiger partial charge in [0.15, 0.2) is 0 Å². The van der Waals surface area contributed by atoms with Gasteiger partial charge in [-0.3, -0.25) is 0 Å². The Labute approximate surface area is 59.6 Å². The molecule has 0 unspecified atom stereocenters. The van der Waals surface area contributed by atoms with Crippen LogP contribution in [0.5, 0.6) is 0 Å². The molecule has 0 N–H and O–H groups in total. The average Bonchev–Trinajstić information content (AvgIpc) is 2.27. The summed E-state index contributed by atoms with van der Waals surface area (Å²) in [5, 5.41) is 0. The summed E-state index contributed by atoms with van der Waals surface area (Å²) in [6, 6.07) is 0. The quantitative estimate of drug-likeness (QED) is 0.533. The fourth-order valence-corrected chi connectivity index (χ4v) is 1.22. The maximum atomic E-state index is 4.12. The van der Waals surface area contributed by atoms with E-state index in [1.54, 1.807) is 6.33 Å². The fraction of sp³-hybridized carbons (Fsp3) is 0.250. The maximum Gasteiger partial charge on any atom is 0.116 e. The average molecular weight is 132 g/mol.